The first-order valence-corrected chi connectivity index (χ1v) is 25.9. The molecule has 0 saturated carbocycles. The predicted octanol–water partition coefficient (Wildman–Crippen LogP) is 15.2. The fourth-order valence-electron chi connectivity index (χ4n) is 7.96. The molecule has 0 atom stereocenters. The molecule has 0 fully saturated rings. The fourth-order valence-corrected chi connectivity index (χ4v) is 7.96. The van der Waals surface area contributed by atoms with Crippen molar-refractivity contribution >= 4 is 18.0 Å². The van der Waals surface area contributed by atoms with E-state index >= 15 is 0 Å². The highest BCUT2D eigenvalue weighted by Crippen LogP contribution is 2.21. The van der Waals surface area contributed by atoms with Crippen LogP contribution in [0, 0.1) is 5.41 Å². The van der Waals surface area contributed by atoms with Gasteiger partial charge < -0.3 is 24.4 Å². The third-order valence-electron chi connectivity index (χ3n) is 11.5. The third-order valence-corrected chi connectivity index (χ3v) is 11.5. The normalized spacial score (nSPS) is 12.0. The van der Waals surface area contributed by atoms with Crippen LogP contribution in [-0.2, 0) is 23.8 Å². The van der Waals surface area contributed by atoms with Crippen molar-refractivity contribution in [2.24, 2.45) is 5.41 Å². The first kappa shape index (κ1) is 58.2. The van der Waals surface area contributed by atoms with Crippen LogP contribution in [0.1, 0.15) is 267 Å². The highest BCUT2D eigenvalue weighted by Gasteiger charge is 2.24. The van der Waals surface area contributed by atoms with Crippen LogP contribution in [0.3, 0.4) is 0 Å². The molecule has 0 radical (unpaired) electrons. The maximum absolute atomic E-state index is 12.9. The van der Waals surface area contributed by atoms with Gasteiger partial charge in [-0.05, 0) is 97.1 Å². The molecule has 0 heterocycles. The van der Waals surface area contributed by atoms with Gasteiger partial charge in [0.25, 0.3) is 0 Å². The van der Waals surface area contributed by atoms with Crippen LogP contribution in [0.2, 0.25) is 0 Å². The van der Waals surface area contributed by atoms with Gasteiger partial charge in [-0.1, -0.05) is 176 Å². The molecule has 356 valence electrons. The van der Waals surface area contributed by atoms with Crippen LogP contribution < -0.4 is 5.32 Å². The Bertz CT molecular complexity index is 979. The monoisotopic (exact) mass is 851 g/mol. The lowest BCUT2D eigenvalue weighted by atomic mass is 9.92. The molecule has 0 rings (SSSR count). The van der Waals surface area contributed by atoms with Crippen molar-refractivity contribution in [3.05, 3.63) is 0 Å². The zero-order chi connectivity index (χ0) is 44.6. The quantitative estimate of drug-likeness (QED) is 0.0371. The van der Waals surface area contributed by atoms with Crippen molar-refractivity contribution in [2.45, 2.75) is 279 Å². The molecule has 1 amide bonds. The van der Waals surface area contributed by atoms with E-state index in [4.69, 9.17) is 14.2 Å². The van der Waals surface area contributed by atoms with E-state index in [-0.39, 0.29) is 29.6 Å². The second-order valence-corrected chi connectivity index (χ2v) is 19.9. The van der Waals surface area contributed by atoms with Crippen molar-refractivity contribution < 1.29 is 28.6 Å². The van der Waals surface area contributed by atoms with Gasteiger partial charge in [-0.3, -0.25) is 9.59 Å². The number of carbonyl (C=O) groups excluding carboxylic acids is 3. The average molecular weight is 851 g/mol. The predicted molar refractivity (Wildman–Crippen MR) is 255 cm³/mol. The van der Waals surface area contributed by atoms with Crippen molar-refractivity contribution in [3.63, 3.8) is 0 Å². The smallest absolute Gasteiger partial charge is 0.407 e. The Morgan fingerprint density at radius 2 is 0.900 bits per heavy atom. The van der Waals surface area contributed by atoms with Crippen molar-refractivity contribution in [3.8, 4) is 0 Å². The fraction of sp³-hybridized carbons (Fsp3) is 0.942. The van der Waals surface area contributed by atoms with E-state index in [0.29, 0.717) is 26.0 Å². The molecule has 1 N–H and O–H groups in total. The molecule has 0 spiro atoms. The summed E-state index contributed by atoms with van der Waals surface area (Å²) >= 11 is 0. The van der Waals surface area contributed by atoms with Crippen LogP contribution in [0.5, 0.6) is 0 Å². The summed E-state index contributed by atoms with van der Waals surface area (Å²) in [5, 5.41) is 3.00. The van der Waals surface area contributed by atoms with Gasteiger partial charge in [0.2, 0.25) is 0 Å². The summed E-state index contributed by atoms with van der Waals surface area (Å²) in [6.07, 6.45) is 37.4. The van der Waals surface area contributed by atoms with Crippen molar-refractivity contribution in [1.82, 2.24) is 10.2 Å². The molecule has 8 heteroatoms. The number of esters is 2. The van der Waals surface area contributed by atoms with E-state index < -0.39 is 5.60 Å². The summed E-state index contributed by atoms with van der Waals surface area (Å²) in [5.41, 5.74) is -0.619. The molecular weight excluding hydrogens is 749 g/mol. The molecule has 0 aromatic carbocycles. The Kier molecular flexibility index (Phi) is 38.8. The number of alkyl carbamates (subject to hydrolysis) is 1. The zero-order valence-electron chi connectivity index (χ0n) is 41.3. The minimum atomic E-state index is -0.517. The van der Waals surface area contributed by atoms with Gasteiger partial charge in [0.15, 0.2) is 0 Å². The van der Waals surface area contributed by atoms with E-state index in [1.54, 1.807) is 0 Å². The highest BCUT2D eigenvalue weighted by molar-refractivity contribution is 5.69. The molecule has 0 unspecified atom stereocenters. The second kappa shape index (κ2) is 40.0. The third kappa shape index (κ3) is 41.5. The minimum Gasteiger partial charge on any atom is -0.466 e. The van der Waals surface area contributed by atoms with E-state index in [1.165, 1.54) is 109 Å². The molecule has 0 aliphatic rings. The average Bonchev–Trinajstić information content (AvgIpc) is 3.19. The molecule has 0 aromatic rings. The molecule has 0 aliphatic heterocycles. The first-order chi connectivity index (χ1) is 28.8. The minimum absolute atomic E-state index is 0.00380. The summed E-state index contributed by atoms with van der Waals surface area (Å²) in [6, 6.07) is 0. The lowest BCUT2D eigenvalue weighted by Gasteiger charge is -2.33. The summed E-state index contributed by atoms with van der Waals surface area (Å²) in [7, 11) is 0. The first-order valence-electron chi connectivity index (χ1n) is 25.9. The molecule has 0 aliphatic carbocycles. The maximum atomic E-state index is 12.9. The number of amides is 1. The van der Waals surface area contributed by atoms with E-state index in [0.717, 1.165) is 110 Å². The SMILES string of the molecule is CCCCCCCCCOC(=O)CCCCCCCN(CCCCCCCC(=O)OC(CCCCCCCC)CCCCCCCC)CC(C)(C)CNC(=O)OC(C)(C)C. The molecule has 0 saturated heterocycles. The van der Waals surface area contributed by atoms with Crippen LogP contribution in [0.25, 0.3) is 0 Å². The van der Waals surface area contributed by atoms with Crippen LogP contribution in [0.4, 0.5) is 4.79 Å². The summed E-state index contributed by atoms with van der Waals surface area (Å²) in [6.45, 7) is 20.9. The highest BCUT2D eigenvalue weighted by atomic mass is 16.6. The van der Waals surface area contributed by atoms with E-state index in [1.807, 2.05) is 20.8 Å². The Morgan fingerprint density at radius 1 is 0.500 bits per heavy atom. The van der Waals surface area contributed by atoms with Crippen LogP contribution in [0.15, 0.2) is 0 Å². The van der Waals surface area contributed by atoms with Gasteiger partial charge in [-0.25, -0.2) is 4.79 Å². The summed E-state index contributed by atoms with van der Waals surface area (Å²) in [5.74, 6) is -0.0374. The molecule has 8 nitrogen and oxygen atoms in total. The molecular formula is C52H102N2O6. The lowest BCUT2D eigenvalue weighted by molar-refractivity contribution is -0.150. The van der Waals surface area contributed by atoms with Gasteiger partial charge in [-0.2, -0.15) is 0 Å². The second-order valence-electron chi connectivity index (χ2n) is 19.9. The summed E-state index contributed by atoms with van der Waals surface area (Å²) < 4.78 is 17.0. The Morgan fingerprint density at radius 3 is 1.37 bits per heavy atom. The van der Waals surface area contributed by atoms with E-state index in [2.05, 4.69) is 44.8 Å². The number of hydrogen-bond acceptors (Lipinski definition) is 7. The number of rotatable bonds is 43. The Hall–Kier alpha value is -1.83. The number of nitrogens with zero attached hydrogens (tertiary/aromatic N) is 1. The topological polar surface area (TPSA) is 94.2 Å². The van der Waals surface area contributed by atoms with Crippen molar-refractivity contribution in [2.75, 3.05) is 32.8 Å². The van der Waals surface area contributed by atoms with Gasteiger partial charge >= 0.3 is 18.0 Å². The van der Waals surface area contributed by atoms with E-state index in [9.17, 15) is 14.4 Å². The van der Waals surface area contributed by atoms with Crippen molar-refractivity contribution in [1.29, 1.82) is 0 Å². The Balaban J connectivity index is 4.67. The Labute approximate surface area is 372 Å². The van der Waals surface area contributed by atoms with Gasteiger partial charge in [0, 0.05) is 25.9 Å². The van der Waals surface area contributed by atoms with Crippen LogP contribution in [-0.4, -0.2) is 67.4 Å². The van der Waals surface area contributed by atoms with Gasteiger partial charge in [0.05, 0.1) is 6.61 Å². The number of carbonyl (C=O) groups is 3. The molecule has 60 heavy (non-hydrogen) atoms. The summed E-state index contributed by atoms with van der Waals surface area (Å²) in [4.78, 5) is 40.1. The lowest BCUT2D eigenvalue weighted by Crippen LogP contribution is -2.44. The van der Waals surface area contributed by atoms with Crippen LogP contribution >= 0.6 is 0 Å². The standard InChI is InChI=1S/C52H102N2O6/c1-9-12-15-18-21-30-37-44-58-48(55)40-33-26-22-28-35-42-54(46-52(7,8)45-53-50(57)60-51(4,5)6)43-36-29-23-27-34-41-49(56)59-47(38-31-24-19-16-13-10-2)39-32-25-20-17-14-11-3/h47H,9-46H2,1-8H3,(H,53,57). The number of unbranched alkanes of at least 4 members (excludes halogenated alkanes) is 24. The molecule has 0 aromatic heterocycles. The number of nitrogens with one attached hydrogen (secondary N) is 1. The van der Waals surface area contributed by atoms with Gasteiger partial charge in [-0.15, -0.1) is 0 Å². The zero-order valence-corrected chi connectivity index (χ0v) is 41.3. The number of hydrogen-bond donors (Lipinski definition) is 1. The number of ether oxygens (including phenoxy) is 3. The molecule has 0 bridgehead atoms. The van der Waals surface area contributed by atoms with Gasteiger partial charge in [0.1, 0.15) is 11.7 Å². The largest absolute Gasteiger partial charge is 0.466 e. The maximum Gasteiger partial charge on any atom is 0.407 e.